The summed E-state index contributed by atoms with van der Waals surface area (Å²) in [4.78, 5) is 26.3. The lowest BCUT2D eigenvalue weighted by Gasteiger charge is -2.23. The number of nitrogens with zero attached hydrogens (tertiary/aromatic N) is 3. The van der Waals surface area contributed by atoms with Crippen molar-refractivity contribution in [1.29, 1.82) is 0 Å². The number of carboxylic acid groups (broad SMARTS) is 1. The van der Waals surface area contributed by atoms with Crippen molar-refractivity contribution in [2.75, 3.05) is 13.1 Å². The maximum Gasteiger partial charge on any atom is 0.311 e. The number of hydrogen-bond acceptors (Lipinski definition) is 3. The molecule has 7 heteroatoms. The summed E-state index contributed by atoms with van der Waals surface area (Å²) in [6.45, 7) is 2.53. The molecule has 1 aromatic heterocycles. The number of aromatic nitrogens is 2. The maximum atomic E-state index is 13.1. The van der Waals surface area contributed by atoms with Crippen molar-refractivity contribution in [3.63, 3.8) is 0 Å². The second-order valence-corrected chi connectivity index (χ2v) is 7.30. The molecule has 0 unspecified atom stereocenters. The molecule has 2 atom stereocenters. The van der Waals surface area contributed by atoms with Crippen molar-refractivity contribution in [2.45, 2.75) is 26.2 Å². The van der Waals surface area contributed by atoms with Gasteiger partial charge in [-0.3, -0.25) is 9.59 Å². The van der Waals surface area contributed by atoms with Crippen molar-refractivity contribution in [2.24, 2.45) is 11.3 Å². The Hall–Kier alpha value is -2.70. The van der Waals surface area contributed by atoms with Crippen molar-refractivity contribution in [1.82, 2.24) is 14.7 Å². The molecule has 1 aliphatic heterocycles. The number of carbonyl (C=O) groups excluding carboxylic acids is 1. The second-order valence-electron chi connectivity index (χ2n) is 7.30. The molecule has 136 valence electrons. The van der Waals surface area contributed by atoms with Crippen LogP contribution < -0.4 is 0 Å². The predicted molar refractivity (Wildman–Crippen MR) is 91.6 cm³/mol. The molecule has 2 aromatic rings. The number of amides is 1. The van der Waals surface area contributed by atoms with Crippen LogP contribution in [0.1, 0.15) is 35.4 Å². The number of carboxylic acids is 1. The van der Waals surface area contributed by atoms with E-state index in [1.165, 1.54) is 12.1 Å². The van der Waals surface area contributed by atoms with Gasteiger partial charge in [0.15, 0.2) is 5.69 Å². The van der Waals surface area contributed by atoms with Gasteiger partial charge in [0.2, 0.25) is 0 Å². The highest BCUT2D eigenvalue weighted by Gasteiger charge is 2.56. The van der Waals surface area contributed by atoms with Gasteiger partial charge in [-0.25, -0.2) is 9.07 Å². The van der Waals surface area contributed by atoms with Crippen LogP contribution in [0.25, 0.3) is 5.69 Å². The Kier molecular flexibility index (Phi) is 3.82. The normalized spacial score (nSPS) is 24.7. The van der Waals surface area contributed by atoms with Crippen molar-refractivity contribution in [3.8, 4) is 5.69 Å². The Morgan fingerprint density at radius 3 is 2.69 bits per heavy atom. The third kappa shape index (κ3) is 2.50. The molecular weight excluding hydrogens is 337 g/mol. The average molecular weight is 357 g/mol. The largest absolute Gasteiger partial charge is 0.481 e. The van der Waals surface area contributed by atoms with E-state index in [4.69, 9.17) is 0 Å². The average Bonchev–Trinajstić information content (AvgIpc) is 3.27. The fourth-order valence-corrected chi connectivity index (χ4v) is 4.38. The van der Waals surface area contributed by atoms with E-state index in [0.717, 1.165) is 18.5 Å². The zero-order chi connectivity index (χ0) is 18.5. The van der Waals surface area contributed by atoms with E-state index < -0.39 is 11.4 Å². The summed E-state index contributed by atoms with van der Waals surface area (Å²) in [5.74, 6) is -1.37. The van der Waals surface area contributed by atoms with Crippen molar-refractivity contribution >= 4 is 11.9 Å². The zero-order valence-electron chi connectivity index (χ0n) is 14.5. The number of aliphatic carboxylic acids is 1. The second kappa shape index (κ2) is 5.93. The highest BCUT2D eigenvalue weighted by atomic mass is 19.1. The number of aryl methyl sites for hydroxylation is 1. The number of benzene rings is 1. The summed E-state index contributed by atoms with van der Waals surface area (Å²) in [5, 5.41) is 14.0. The first kappa shape index (κ1) is 16.8. The highest BCUT2D eigenvalue weighted by Crippen LogP contribution is 2.49. The van der Waals surface area contributed by atoms with E-state index in [-0.39, 0.29) is 29.9 Å². The molecule has 4 rings (SSSR count). The van der Waals surface area contributed by atoms with Gasteiger partial charge in [-0.15, -0.1) is 0 Å². The van der Waals surface area contributed by atoms with Crippen LogP contribution in [-0.4, -0.2) is 44.8 Å². The molecule has 2 fully saturated rings. The summed E-state index contributed by atoms with van der Waals surface area (Å²) in [6, 6.07) is 7.58. The molecule has 6 nitrogen and oxygen atoms in total. The van der Waals surface area contributed by atoms with Crippen LogP contribution in [0.3, 0.4) is 0 Å². The van der Waals surface area contributed by atoms with E-state index in [0.29, 0.717) is 18.7 Å². The van der Waals surface area contributed by atoms with E-state index in [1.807, 2.05) is 6.92 Å². The standard InChI is InChI=1S/C19H20FN3O3/c1-12-9-16(21-23(12)15-6-4-14(20)5-7-15)17(24)22-10-13-3-2-8-19(13,11-22)18(25)26/h4-7,9,13H,2-3,8,10-11H2,1H3,(H,25,26)/t13-,19+/m0/s1. The fraction of sp³-hybridized carbons (Fsp3) is 0.421. The molecule has 2 heterocycles. The molecular formula is C19H20FN3O3. The molecule has 2 aliphatic rings. The summed E-state index contributed by atoms with van der Waals surface area (Å²) in [6.07, 6.45) is 2.37. The Balaban J connectivity index is 1.59. The molecule has 1 saturated heterocycles. The molecule has 26 heavy (non-hydrogen) atoms. The van der Waals surface area contributed by atoms with Gasteiger partial charge in [-0.2, -0.15) is 5.10 Å². The topological polar surface area (TPSA) is 75.4 Å². The maximum absolute atomic E-state index is 13.1. The number of fused-ring (bicyclic) bond motifs is 1. The quantitative estimate of drug-likeness (QED) is 0.916. The molecule has 1 N–H and O–H groups in total. The van der Waals surface area contributed by atoms with E-state index in [1.54, 1.807) is 27.8 Å². The van der Waals surface area contributed by atoms with E-state index in [9.17, 15) is 19.1 Å². The molecule has 1 aliphatic carbocycles. The van der Waals surface area contributed by atoms with Gasteiger partial charge in [0, 0.05) is 18.8 Å². The van der Waals surface area contributed by atoms with E-state index >= 15 is 0 Å². The third-order valence-electron chi connectivity index (χ3n) is 5.76. The van der Waals surface area contributed by atoms with Gasteiger partial charge >= 0.3 is 5.97 Å². The van der Waals surface area contributed by atoms with Gasteiger partial charge in [-0.1, -0.05) is 6.42 Å². The van der Waals surface area contributed by atoms with Crippen LogP contribution in [0.15, 0.2) is 30.3 Å². The minimum absolute atomic E-state index is 0.0178. The first-order valence-corrected chi connectivity index (χ1v) is 8.76. The summed E-state index contributed by atoms with van der Waals surface area (Å²) in [7, 11) is 0. The Bertz CT molecular complexity index is 877. The number of halogens is 1. The SMILES string of the molecule is Cc1cc(C(=O)N2C[C@@H]3CCC[C@@]3(C(=O)O)C2)nn1-c1ccc(F)cc1. The predicted octanol–water partition coefficient (Wildman–Crippen LogP) is 2.65. The monoisotopic (exact) mass is 357 g/mol. The molecule has 1 saturated carbocycles. The fourth-order valence-electron chi connectivity index (χ4n) is 4.38. The van der Waals surface area contributed by atoms with Crippen LogP contribution in [0.4, 0.5) is 4.39 Å². The summed E-state index contributed by atoms with van der Waals surface area (Å²) < 4.78 is 14.7. The van der Waals surface area contributed by atoms with Crippen LogP contribution in [0.2, 0.25) is 0 Å². The third-order valence-corrected chi connectivity index (χ3v) is 5.76. The van der Waals surface area contributed by atoms with E-state index in [2.05, 4.69) is 5.10 Å². The minimum atomic E-state index is -0.802. The van der Waals surface area contributed by atoms with Gasteiger partial charge in [0.25, 0.3) is 5.91 Å². The number of likely N-dealkylation sites (tertiary alicyclic amines) is 1. The Morgan fingerprint density at radius 1 is 1.31 bits per heavy atom. The molecule has 1 amide bonds. The Labute approximate surface area is 150 Å². The molecule has 0 spiro atoms. The smallest absolute Gasteiger partial charge is 0.311 e. The summed E-state index contributed by atoms with van der Waals surface area (Å²) >= 11 is 0. The zero-order valence-corrected chi connectivity index (χ0v) is 14.5. The van der Waals surface area contributed by atoms with Crippen LogP contribution in [-0.2, 0) is 4.79 Å². The van der Waals surface area contributed by atoms with Gasteiger partial charge in [0.05, 0.1) is 11.1 Å². The molecule has 1 aromatic carbocycles. The first-order valence-electron chi connectivity index (χ1n) is 8.76. The van der Waals surface area contributed by atoms with Crippen LogP contribution in [0.5, 0.6) is 0 Å². The Morgan fingerprint density at radius 2 is 2.04 bits per heavy atom. The lowest BCUT2D eigenvalue weighted by Crippen LogP contribution is -2.37. The van der Waals surface area contributed by atoms with Crippen molar-refractivity contribution in [3.05, 3.63) is 47.5 Å². The van der Waals surface area contributed by atoms with Crippen LogP contribution in [0, 0.1) is 24.1 Å². The van der Waals surface area contributed by atoms with Gasteiger partial charge < -0.3 is 10.0 Å². The van der Waals surface area contributed by atoms with Crippen LogP contribution >= 0.6 is 0 Å². The highest BCUT2D eigenvalue weighted by molar-refractivity contribution is 5.93. The van der Waals surface area contributed by atoms with Gasteiger partial charge in [0.1, 0.15) is 5.82 Å². The lowest BCUT2D eigenvalue weighted by molar-refractivity contribution is -0.149. The number of hydrogen-bond donors (Lipinski definition) is 1. The summed E-state index contributed by atoms with van der Waals surface area (Å²) in [5.41, 5.74) is 0.910. The number of rotatable bonds is 3. The number of carbonyl (C=O) groups is 2. The van der Waals surface area contributed by atoms with Gasteiger partial charge in [-0.05, 0) is 56.0 Å². The first-order chi connectivity index (χ1) is 12.4. The lowest BCUT2D eigenvalue weighted by atomic mass is 9.81. The molecule has 0 bridgehead atoms. The van der Waals surface area contributed by atoms with Crippen molar-refractivity contribution < 1.29 is 19.1 Å². The molecule has 0 radical (unpaired) electrons. The minimum Gasteiger partial charge on any atom is -0.481 e.